The Morgan fingerprint density at radius 2 is 2.00 bits per heavy atom. The average molecular weight is 333 g/mol. The van der Waals surface area contributed by atoms with Crippen LogP contribution in [0.3, 0.4) is 0 Å². The van der Waals surface area contributed by atoms with E-state index in [-0.39, 0.29) is 6.03 Å². The van der Waals surface area contributed by atoms with Crippen LogP contribution in [0.25, 0.3) is 0 Å². The third-order valence-corrected chi connectivity index (χ3v) is 4.76. The van der Waals surface area contributed by atoms with Crippen molar-refractivity contribution in [3.63, 3.8) is 0 Å². The number of ether oxygens (including phenoxy) is 2. The number of nitrogens with zero attached hydrogens (tertiary/aromatic N) is 2. The molecule has 1 aromatic rings. The van der Waals surface area contributed by atoms with Crippen LogP contribution >= 0.6 is 0 Å². The number of urea groups is 1. The second kappa shape index (κ2) is 8.24. The number of nitrogens with one attached hydrogen (secondary N) is 1. The molecule has 2 fully saturated rings. The summed E-state index contributed by atoms with van der Waals surface area (Å²) in [5, 5.41) is 2.90. The van der Waals surface area contributed by atoms with Gasteiger partial charge in [-0.05, 0) is 50.1 Å². The molecule has 1 aromatic carbocycles. The summed E-state index contributed by atoms with van der Waals surface area (Å²) in [7, 11) is 1.66. The van der Waals surface area contributed by atoms with Gasteiger partial charge in [0.2, 0.25) is 0 Å². The van der Waals surface area contributed by atoms with Gasteiger partial charge in [0.05, 0.1) is 13.7 Å². The molecule has 6 heteroatoms. The van der Waals surface area contributed by atoms with E-state index in [4.69, 9.17) is 9.47 Å². The van der Waals surface area contributed by atoms with Gasteiger partial charge >= 0.3 is 6.03 Å². The molecule has 0 aromatic heterocycles. The Balaban J connectivity index is 1.37. The monoisotopic (exact) mass is 333 g/mol. The molecule has 2 saturated heterocycles. The van der Waals surface area contributed by atoms with Crippen LogP contribution in [0, 0.1) is 0 Å². The lowest BCUT2D eigenvalue weighted by molar-refractivity contribution is 0.121. The fraction of sp³-hybridized carbons (Fsp3) is 0.611. The van der Waals surface area contributed by atoms with E-state index in [0.717, 1.165) is 63.5 Å². The molecule has 1 N–H and O–H groups in total. The molecule has 3 rings (SSSR count). The van der Waals surface area contributed by atoms with Crippen LogP contribution in [0.2, 0.25) is 0 Å². The van der Waals surface area contributed by atoms with Crippen molar-refractivity contribution in [3.05, 3.63) is 24.3 Å². The van der Waals surface area contributed by atoms with Crippen molar-refractivity contribution in [2.45, 2.75) is 25.3 Å². The minimum Gasteiger partial charge on any atom is -0.497 e. The zero-order chi connectivity index (χ0) is 16.8. The van der Waals surface area contributed by atoms with Crippen LogP contribution in [0.1, 0.15) is 19.3 Å². The first-order chi connectivity index (χ1) is 11.8. The molecule has 2 aliphatic heterocycles. The molecule has 2 heterocycles. The highest BCUT2D eigenvalue weighted by molar-refractivity contribution is 5.76. The number of carbonyl (C=O) groups excluding carboxylic acids is 1. The molecular formula is C18H27N3O3. The number of carbonyl (C=O) groups is 1. The molecule has 0 saturated carbocycles. The average Bonchev–Trinajstić information content (AvgIpc) is 3.05. The third kappa shape index (κ3) is 4.32. The number of likely N-dealkylation sites (tertiary alicyclic amines) is 1. The molecule has 2 amide bonds. The summed E-state index contributed by atoms with van der Waals surface area (Å²) in [6, 6.07) is 8.15. The summed E-state index contributed by atoms with van der Waals surface area (Å²) >= 11 is 0. The normalized spacial score (nSPS) is 21.6. The van der Waals surface area contributed by atoms with Gasteiger partial charge in [0.25, 0.3) is 0 Å². The summed E-state index contributed by atoms with van der Waals surface area (Å²) in [4.78, 5) is 16.3. The second-order valence-corrected chi connectivity index (χ2v) is 6.40. The van der Waals surface area contributed by atoms with Gasteiger partial charge in [-0.15, -0.1) is 0 Å². The van der Waals surface area contributed by atoms with Crippen LogP contribution in [0.15, 0.2) is 24.3 Å². The minimum absolute atomic E-state index is 0.102. The maximum absolute atomic E-state index is 11.8. The van der Waals surface area contributed by atoms with Crippen LogP contribution in [-0.2, 0) is 0 Å². The minimum atomic E-state index is 0.102. The predicted octanol–water partition coefficient (Wildman–Crippen LogP) is 1.95. The van der Waals surface area contributed by atoms with Gasteiger partial charge in [-0.2, -0.15) is 0 Å². The number of methoxy groups -OCH3 is 1. The standard InChI is InChI=1S/C18H27N3O3/c1-23-16-5-7-17(8-6-16)24-13-3-11-20-10-2-4-15(14-20)21-12-9-19-18(21)22/h5-8,15H,2-4,9-14H2,1H3,(H,19,22). The number of rotatable bonds is 7. The summed E-state index contributed by atoms with van der Waals surface area (Å²) < 4.78 is 10.9. The molecule has 0 radical (unpaired) electrons. The van der Waals surface area contributed by atoms with Gasteiger partial charge in [-0.3, -0.25) is 0 Å². The SMILES string of the molecule is COc1ccc(OCCCN2CCCC(N3CCNC3=O)C2)cc1. The van der Waals surface area contributed by atoms with Crippen molar-refractivity contribution >= 4 is 6.03 Å². The van der Waals surface area contributed by atoms with E-state index in [1.54, 1.807) is 7.11 Å². The Bertz CT molecular complexity index is 535. The number of piperidine rings is 1. The molecule has 6 nitrogen and oxygen atoms in total. The first kappa shape index (κ1) is 16.9. The van der Waals surface area contributed by atoms with Gasteiger partial charge in [0, 0.05) is 32.2 Å². The van der Waals surface area contributed by atoms with Crippen LogP contribution < -0.4 is 14.8 Å². The Morgan fingerprint density at radius 1 is 1.21 bits per heavy atom. The zero-order valence-corrected chi connectivity index (χ0v) is 14.4. The highest BCUT2D eigenvalue weighted by Crippen LogP contribution is 2.19. The largest absolute Gasteiger partial charge is 0.497 e. The van der Waals surface area contributed by atoms with Crippen molar-refractivity contribution in [2.24, 2.45) is 0 Å². The van der Waals surface area contributed by atoms with Gasteiger partial charge in [0.1, 0.15) is 11.5 Å². The fourth-order valence-corrected chi connectivity index (χ4v) is 3.47. The van der Waals surface area contributed by atoms with Gasteiger partial charge in [-0.25, -0.2) is 4.79 Å². The first-order valence-corrected chi connectivity index (χ1v) is 8.80. The molecule has 24 heavy (non-hydrogen) atoms. The lowest BCUT2D eigenvalue weighted by Gasteiger charge is -2.37. The highest BCUT2D eigenvalue weighted by Gasteiger charge is 2.30. The summed E-state index contributed by atoms with van der Waals surface area (Å²) in [5.41, 5.74) is 0. The Kier molecular flexibility index (Phi) is 5.80. The topological polar surface area (TPSA) is 54.0 Å². The Labute approximate surface area is 143 Å². The Hall–Kier alpha value is -1.95. The summed E-state index contributed by atoms with van der Waals surface area (Å²) in [6.07, 6.45) is 3.27. The molecule has 0 bridgehead atoms. The quantitative estimate of drug-likeness (QED) is 0.775. The second-order valence-electron chi connectivity index (χ2n) is 6.40. The van der Waals surface area contributed by atoms with Crippen molar-refractivity contribution < 1.29 is 14.3 Å². The fourth-order valence-electron chi connectivity index (χ4n) is 3.47. The number of hydrogen-bond acceptors (Lipinski definition) is 4. The summed E-state index contributed by atoms with van der Waals surface area (Å²) in [6.45, 7) is 5.45. The van der Waals surface area contributed by atoms with Crippen LogP contribution in [0.5, 0.6) is 11.5 Å². The molecule has 0 aliphatic carbocycles. The predicted molar refractivity (Wildman–Crippen MR) is 92.7 cm³/mol. The Morgan fingerprint density at radius 3 is 2.71 bits per heavy atom. The molecular weight excluding hydrogens is 306 g/mol. The maximum Gasteiger partial charge on any atom is 0.317 e. The van der Waals surface area contributed by atoms with E-state index in [2.05, 4.69) is 10.2 Å². The molecule has 1 atom stereocenters. The molecule has 2 aliphatic rings. The van der Waals surface area contributed by atoms with E-state index in [1.165, 1.54) is 0 Å². The van der Waals surface area contributed by atoms with E-state index in [9.17, 15) is 4.79 Å². The van der Waals surface area contributed by atoms with E-state index >= 15 is 0 Å². The van der Waals surface area contributed by atoms with Crippen LogP contribution in [-0.4, -0.2) is 68.3 Å². The van der Waals surface area contributed by atoms with E-state index in [0.29, 0.717) is 12.6 Å². The lowest BCUT2D eigenvalue weighted by Crippen LogP contribution is -2.49. The molecule has 0 spiro atoms. The van der Waals surface area contributed by atoms with Gasteiger partial charge in [0.15, 0.2) is 0 Å². The zero-order valence-electron chi connectivity index (χ0n) is 14.4. The molecule has 132 valence electrons. The molecule has 1 unspecified atom stereocenters. The van der Waals surface area contributed by atoms with E-state index < -0.39 is 0 Å². The number of amides is 2. The van der Waals surface area contributed by atoms with Crippen molar-refractivity contribution in [1.29, 1.82) is 0 Å². The van der Waals surface area contributed by atoms with Gasteiger partial charge < -0.3 is 24.6 Å². The number of benzene rings is 1. The van der Waals surface area contributed by atoms with Crippen molar-refractivity contribution in [1.82, 2.24) is 15.1 Å². The third-order valence-electron chi connectivity index (χ3n) is 4.76. The smallest absolute Gasteiger partial charge is 0.317 e. The lowest BCUT2D eigenvalue weighted by atomic mass is 10.0. The number of hydrogen-bond donors (Lipinski definition) is 1. The highest BCUT2D eigenvalue weighted by atomic mass is 16.5. The first-order valence-electron chi connectivity index (χ1n) is 8.80. The maximum atomic E-state index is 11.8. The summed E-state index contributed by atoms with van der Waals surface area (Å²) in [5.74, 6) is 1.72. The van der Waals surface area contributed by atoms with Crippen LogP contribution in [0.4, 0.5) is 4.79 Å². The van der Waals surface area contributed by atoms with Crippen molar-refractivity contribution in [2.75, 3.05) is 46.4 Å². The van der Waals surface area contributed by atoms with Gasteiger partial charge in [-0.1, -0.05) is 0 Å². The van der Waals surface area contributed by atoms with Crippen molar-refractivity contribution in [3.8, 4) is 11.5 Å². The van der Waals surface area contributed by atoms with E-state index in [1.807, 2.05) is 29.2 Å².